The number of halogens is 2. The van der Waals surface area contributed by atoms with Gasteiger partial charge in [0.05, 0.1) is 17.7 Å². The summed E-state index contributed by atoms with van der Waals surface area (Å²) in [6.45, 7) is 1.95. The first-order valence-electron chi connectivity index (χ1n) is 7.63. The maximum Gasteiger partial charge on any atom is 0.225 e. The van der Waals surface area contributed by atoms with Crippen LogP contribution in [0.5, 0.6) is 0 Å². The molecule has 1 aromatic carbocycles. The van der Waals surface area contributed by atoms with Crippen molar-refractivity contribution in [2.24, 2.45) is 4.99 Å². The summed E-state index contributed by atoms with van der Waals surface area (Å²) in [4.78, 5) is 22.4. The Kier molecular flexibility index (Phi) is 4.78. The van der Waals surface area contributed by atoms with E-state index in [0.717, 1.165) is 0 Å². The van der Waals surface area contributed by atoms with Gasteiger partial charge in [0.25, 0.3) is 0 Å². The van der Waals surface area contributed by atoms with E-state index in [4.69, 9.17) is 20.9 Å². The topological polar surface area (TPSA) is 67.1 Å². The maximum atomic E-state index is 13.1. The van der Waals surface area contributed by atoms with Gasteiger partial charge in [-0.15, -0.1) is 0 Å². The molecule has 1 unspecified atom stereocenters. The van der Waals surface area contributed by atoms with E-state index < -0.39 is 11.5 Å². The fourth-order valence-electron chi connectivity index (χ4n) is 2.55. The number of amides is 1. The second kappa shape index (κ2) is 6.85. The molecule has 2 heterocycles. The molecular weight excluding hydrogens is 349 g/mol. The zero-order valence-electron chi connectivity index (χ0n) is 13.8. The Morgan fingerprint density at radius 1 is 1.44 bits per heavy atom. The number of hydrogen-bond acceptors (Lipinski definition) is 5. The molecule has 1 aliphatic heterocycles. The van der Waals surface area contributed by atoms with Crippen LogP contribution in [0.15, 0.2) is 46.0 Å². The molecule has 6 nitrogen and oxygen atoms in total. The van der Waals surface area contributed by atoms with Crippen LogP contribution in [-0.4, -0.2) is 29.6 Å². The average Bonchev–Trinajstić information content (AvgIpc) is 3.16. The molecule has 2 aromatic rings. The van der Waals surface area contributed by atoms with Gasteiger partial charge in [-0.05, 0) is 36.8 Å². The van der Waals surface area contributed by atoms with E-state index >= 15 is 0 Å². The minimum absolute atomic E-state index is 0.0205. The van der Waals surface area contributed by atoms with Crippen molar-refractivity contribution >= 4 is 23.3 Å². The molecule has 0 fully saturated rings. The Labute approximate surface area is 149 Å². The lowest BCUT2D eigenvalue weighted by molar-refractivity contribution is -0.166. The molecule has 0 saturated heterocycles. The largest absolute Gasteiger partial charge is 0.461 e. The Morgan fingerprint density at radius 2 is 2.24 bits per heavy atom. The maximum absolute atomic E-state index is 13.1. The Morgan fingerprint density at radius 3 is 2.92 bits per heavy atom. The van der Waals surface area contributed by atoms with Gasteiger partial charge in [0.1, 0.15) is 5.82 Å². The Hall–Kier alpha value is -2.38. The number of amidine groups is 1. The second-order valence-electron chi connectivity index (χ2n) is 5.88. The highest BCUT2D eigenvalue weighted by atomic mass is 35.5. The zero-order chi connectivity index (χ0) is 18.0. The summed E-state index contributed by atoms with van der Waals surface area (Å²) in [5.74, 6) is 0.338. The number of aliphatic imine (C=N–C) groups is 1. The summed E-state index contributed by atoms with van der Waals surface area (Å²) in [5.41, 5.74) is -0.323. The summed E-state index contributed by atoms with van der Waals surface area (Å²) in [6.07, 6.45) is 1.57. The quantitative estimate of drug-likeness (QED) is 0.884. The number of carbonyl (C=O) groups is 1. The van der Waals surface area contributed by atoms with Gasteiger partial charge in [-0.25, -0.2) is 19.3 Å². The van der Waals surface area contributed by atoms with E-state index in [-0.39, 0.29) is 23.9 Å². The number of hydrogen-bond donors (Lipinski definition) is 1. The third-order valence-electron chi connectivity index (χ3n) is 3.68. The van der Waals surface area contributed by atoms with Gasteiger partial charge < -0.3 is 9.73 Å². The number of benzene rings is 1. The fraction of sp³-hybridized carbons (Fsp3) is 0.294. The molecule has 0 bridgehead atoms. The van der Waals surface area contributed by atoms with Gasteiger partial charge in [-0.1, -0.05) is 17.7 Å². The van der Waals surface area contributed by atoms with Crippen molar-refractivity contribution in [3.63, 3.8) is 0 Å². The van der Waals surface area contributed by atoms with E-state index in [0.29, 0.717) is 17.2 Å². The van der Waals surface area contributed by atoms with Crippen LogP contribution in [0, 0.1) is 5.82 Å². The Bertz CT molecular complexity index is 809. The van der Waals surface area contributed by atoms with E-state index in [1.54, 1.807) is 38.4 Å². The van der Waals surface area contributed by atoms with E-state index in [1.165, 1.54) is 17.2 Å². The summed E-state index contributed by atoms with van der Waals surface area (Å²) < 4.78 is 18.5. The molecule has 1 amide bonds. The van der Waals surface area contributed by atoms with Crippen molar-refractivity contribution in [2.75, 3.05) is 7.05 Å². The van der Waals surface area contributed by atoms with Gasteiger partial charge >= 0.3 is 0 Å². The van der Waals surface area contributed by atoms with E-state index in [2.05, 4.69) is 10.3 Å². The lowest BCUT2D eigenvalue weighted by atomic mass is 10.1. The third-order valence-corrected chi connectivity index (χ3v) is 3.97. The highest BCUT2D eigenvalue weighted by Gasteiger charge is 2.38. The van der Waals surface area contributed by atoms with Crippen molar-refractivity contribution in [2.45, 2.75) is 25.6 Å². The number of furan rings is 1. The van der Waals surface area contributed by atoms with Crippen molar-refractivity contribution in [3.8, 4) is 0 Å². The van der Waals surface area contributed by atoms with E-state index in [9.17, 15) is 9.18 Å². The highest BCUT2D eigenvalue weighted by molar-refractivity contribution is 6.30. The number of nitrogens with one attached hydrogen (secondary N) is 1. The lowest BCUT2D eigenvalue weighted by Gasteiger charge is -2.21. The van der Waals surface area contributed by atoms with Crippen molar-refractivity contribution in [1.82, 2.24) is 10.4 Å². The van der Waals surface area contributed by atoms with Crippen LogP contribution in [0.25, 0.3) is 0 Å². The highest BCUT2D eigenvalue weighted by Crippen LogP contribution is 2.28. The number of hydroxylamine groups is 2. The average molecular weight is 366 g/mol. The van der Waals surface area contributed by atoms with Gasteiger partial charge in [-0.3, -0.25) is 4.79 Å². The first-order chi connectivity index (χ1) is 11.9. The molecule has 0 saturated carbocycles. The summed E-state index contributed by atoms with van der Waals surface area (Å²) in [7, 11) is 1.70. The van der Waals surface area contributed by atoms with Gasteiger partial charge in [-0.2, -0.15) is 0 Å². The second-order valence-corrected chi connectivity index (χ2v) is 6.29. The summed E-state index contributed by atoms with van der Waals surface area (Å²) >= 11 is 5.73. The first kappa shape index (κ1) is 17.4. The molecule has 0 aliphatic carbocycles. The van der Waals surface area contributed by atoms with Crippen LogP contribution in [0.2, 0.25) is 5.02 Å². The van der Waals surface area contributed by atoms with Crippen molar-refractivity contribution in [3.05, 3.63) is 58.8 Å². The molecule has 25 heavy (non-hydrogen) atoms. The molecule has 1 aromatic heterocycles. The molecule has 1 aliphatic rings. The SMILES string of the molecule is CN1OC(C)(CC(=O)NCc2ccc(F)c(Cl)c2)N=C1c1ccco1. The number of rotatable bonds is 5. The zero-order valence-corrected chi connectivity index (χ0v) is 14.5. The number of carbonyl (C=O) groups excluding carboxylic acids is 1. The minimum atomic E-state index is -1.03. The van der Waals surface area contributed by atoms with Crippen LogP contribution in [0.1, 0.15) is 24.7 Å². The lowest BCUT2D eigenvalue weighted by Crippen LogP contribution is -2.35. The van der Waals surface area contributed by atoms with Crippen LogP contribution >= 0.6 is 11.6 Å². The van der Waals surface area contributed by atoms with Crippen molar-refractivity contribution in [1.29, 1.82) is 0 Å². The van der Waals surface area contributed by atoms with Crippen LogP contribution in [0.4, 0.5) is 4.39 Å². The van der Waals surface area contributed by atoms with Crippen LogP contribution < -0.4 is 5.32 Å². The molecule has 0 spiro atoms. The molecule has 0 radical (unpaired) electrons. The van der Waals surface area contributed by atoms with Gasteiger partial charge in [0, 0.05) is 13.6 Å². The van der Waals surface area contributed by atoms with E-state index in [1.807, 2.05) is 0 Å². The monoisotopic (exact) mass is 365 g/mol. The minimum Gasteiger partial charge on any atom is -0.461 e. The fourth-order valence-corrected chi connectivity index (χ4v) is 2.75. The molecule has 3 rings (SSSR count). The predicted octanol–water partition coefficient (Wildman–Crippen LogP) is 3.12. The summed E-state index contributed by atoms with van der Waals surface area (Å²) in [5, 5.41) is 4.25. The standard InChI is InChI=1S/C17H17ClFN3O3/c1-17(21-16(22(2)25-17)14-4-3-7-24-14)9-15(23)20-10-11-5-6-13(19)12(18)8-11/h3-8H,9-10H2,1-2H3,(H,20,23). The van der Waals surface area contributed by atoms with Gasteiger partial charge in [0.2, 0.25) is 5.91 Å². The predicted molar refractivity (Wildman–Crippen MR) is 90.4 cm³/mol. The molecule has 8 heteroatoms. The Balaban J connectivity index is 1.61. The molecule has 132 valence electrons. The molecular formula is C17H17ClFN3O3. The smallest absolute Gasteiger partial charge is 0.225 e. The first-order valence-corrected chi connectivity index (χ1v) is 8.01. The van der Waals surface area contributed by atoms with Crippen LogP contribution in [-0.2, 0) is 16.2 Å². The normalized spacial score (nSPS) is 19.8. The summed E-state index contributed by atoms with van der Waals surface area (Å²) in [6, 6.07) is 7.83. The van der Waals surface area contributed by atoms with Gasteiger partial charge in [0.15, 0.2) is 17.3 Å². The molecule has 1 N–H and O–H groups in total. The van der Waals surface area contributed by atoms with Crippen molar-refractivity contribution < 1.29 is 18.4 Å². The van der Waals surface area contributed by atoms with Crippen LogP contribution in [0.3, 0.4) is 0 Å². The molecule has 1 atom stereocenters. The number of nitrogens with zero attached hydrogens (tertiary/aromatic N) is 2. The third kappa shape index (κ3) is 4.00.